The minimum atomic E-state index is -0.144. The number of carbonyl (C=O) groups is 1. The number of ether oxygens (including phenoxy) is 1. The zero-order chi connectivity index (χ0) is 18.4. The number of hydrogen-bond donors (Lipinski definition) is 2. The van der Waals surface area contributed by atoms with Crippen molar-refractivity contribution >= 4 is 5.91 Å². The number of nitrogens with two attached hydrogens (primary N) is 1. The van der Waals surface area contributed by atoms with E-state index in [9.17, 15) is 4.79 Å². The number of likely N-dealkylation sites (tertiary alicyclic amines) is 1. The predicted octanol–water partition coefficient (Wildman–Crippen LogP) is 1.000. The molecule has 1 aromatic carbocycles. The highest BCUT2D eigenvalue weighted by molar-refractivity contribution is 5.81. The molecule has 7 nitrogen and oxygen atoms in total. The first-order valence-electron chi connectivity index (χ1n) is 9.04. The monoisotopic (exact) mass is 357 g/mol. The third kappa shape index (κ3) is 4.83. The Balaban J connectivity index is 1.47. The van der Waals surface area contributed by atoms with Crippen LogP contribution in [0, 0.1) is 0 Å². The van der Waals surface area contributed by atoms with Gasteiger partial charge in [0.05, 0.1) is 19.0 Å². The Morgan fingerprint density at radius 3 is 2.88 bits per heavy atom. The lowest BCUT2D eigenvalue weighted by molar-refractivity contribution is -0.125. The smallest absolute Gasteiger partial charge is 0.237 e. The fourth-order valence-electron chi connectivity index (χ4n) is 3.33. The van der Waals surface area contributed by atoms with E-state index in [0.717, 1.165) is 30.8 Å². The average Bonchev–Trinajstić information content (AvgIpc) is 3.29. The highest BCUT2D eigenvalue weighted by Crippen LogP contribution is 2.21. The standard InChI is InChI=1S/C19H27N5O2/c1-21-19(25)18-11-16(20)13-24(18)12-15-3-5-17(6-4-15)26-10-2-8-23-9-7-22-14-23/h3-7,9,14,16,18H,2,8,10-13,20H2,1H3,(H,21,25)/t16-,18+/m1/s1. The molecule has 0 bridgehead atoms. The Labute approximate surface area is 154 Å². The lowest BCUT2D eigenvalue weighted by Gasteiger charge is -2.23. The summed E-state index contributed by atoms with van der Waals surface area (Å²) < 4.78 is 7.83. The summed E-state index contributed by atoms with van der Waals surface area (Å²) >= 11 is 0. The number of aromatic nitrogens is 2. The number of hydrogen-bond acceptors (Lipinski definition) is 5. The van der Waals surface area contributed by atoms with E-state index in [1.807, 2.05) is 29.2 Å². The van der Waals surface area contributed by atoms with Crippen LogP contribution >= 0.6 is 0 Å². The van der Waals surface area contributed by atoms with E-state index < -0.39 is 0 Å². The van der Waals surface area contributed by atoms with Crippen LogP contribution in [0.2, 0.25) is 0 Å². The third-order valence-electron chi connectivity index (χ3n) is 4.68. The molecule has 1 amide bonds. The van der Waals surface area contributed by atoms with Gasteiger partial charge in [-0.1, -0.05) is 12.1 Å². The molecule has 7 heteroatoms. The van der Waals surface area contributed by atoms with E-state index >= 15 is 0 Å². The molecule has 0 spiro atoms. The molecule has 140 valence electrons. The number of nitrogens with zero attached hydrogens (tertiary/aromatic N) is 3. The van der Waals surface area contributed by atoms with E-state index in [0.29, 0.717) is 19.6 Å². The molecule has 2 aromatic rings. The topological polar surface area (TPSA) is 85.4 Å². The first-order valence-corrected chi connectivity index (χ1v) is 9.04. The van der Waals surface area contributed by atoms with Crippen LogP contribution in [0.25, 0.3) is 0 Å². The zero-order valence-corrected chi connectivity index (χ0v) is 15.2. The maximum Gasteiger partial charge on any atom is 0.237 e. The van der Waals surface area contributed by atoms with Gasteiger partial charge in [-0.3, -0.25) is 9.69 Å². The van der Waals surface area contributed by atoms with Crippen molar-refractivity contribution in [2.24, 2.45) is 5.73 Å². The second-order valence-electron chi connectivity index (χ2n) is 6.70. The molecule has 2 heterocycles. The molecular weight excluding hydrogens is 330 g/mol. The molecule has 2 atom stereocenters. The SMILES string of the molecule is CNC(=O)[C@@H]1C[C@@H](N)CN1Cc1ccc(OCCCn2ccnc2)cc1. The van der Waals surface area contributed by atoms with Gasteiger partial charge >= 0.3 is 0 Å². The van der Waals surface area contributed by atoms with E-state index in [1.54, 1.807) is 13.2 Å². The summed E-state index contributed by atoms with van der Waals surface area (Å²) in [5.74, 6) is 0.899. The molecule has 1 saturated heterocycles. The van der Waals surface area contributed by atoms with Crippen molar-refractivity contribution in [3.05, 3.63) is 48.5 Å². The summed E-state index contributed by atoms with van der Waals surface area (Å²) in [5, 5.41) is 2.73. The maximum atomic E-state index is 12.0. The van der Waals surface area contributed by atoms with Crippen molar-refractivity contribution in [1.82, 2.24) is 19.8 Å². The van der Waals surface area contributed by atoms with Crippen LogP contribution in [-0.4, -0.2) is 52.6 Å². The molecule has 0 saturated carbocycles. The predicted molar refractivity (Wildman–Crippen MR) is 99.6 cm³/mol. The highest BCUT2D eigenvalue weighted by atomic mass is 16.5. The molecule has 0 radical (unpaired) electrons. The van der Waals surface area contributed by atoms with Crippen LogP contribution in [0.15, 0.2) is 43.0 Å². The fourth-order valence-corrected chi connectivity index (χ4v) is 3.33. The lowest BCUT2D eigenvalue weighted by Crippen LogP contribution is -2.41. The quantitative estimate of drug-likeness (QED) is 0.689. The first kappa shape index (κ1) is 18.4. The van der Waals surface area contributed by atoms with E-state index in [2.05, 4.69) is 27.3 Å². The van der Waals surface area contributed by atoms with Crippen LogP contribution in [0.4, 0.5) is 0 Å². The Morgan fingerprint density at radius 1 is 1.38 bits per heavy atom. The van der Waals surface area contributed by atoms with Crippen LogP contribution in [-0.2, 0) is 17.9 Å². The van der Waals surface area contributed by atoms with E-state index in [1.165, 1.54) is 0 Å². The molecule has 3 N–H and O–H groups in total. The van der Waals surface area contributed by atoms with Gasteiger partial charge in [-0.15, -0.1) is 0 Å². The summed E-state index contributed by atoms with van der Waals surface area (Å²) in [5.41, 5.74) is 7.19. The van der Waals surface area contributed by atoms with Gasteiger partial charge in [-0.2, -0.15) is 0 Å². The van der Waals surface area contributed by atoms with Crippen molar-refractivity contribution < 1.29 is 9.53 Å². The lowest BCUT2D eigenvalue weighted by atomic mass is 10.1. The largest absolute Gasteiger partial charge is 0.494 e. The zero-order valence-electron chi connectivity index (χ0n) is 15.2. The van der Waals surface area contributed by atoms with Gasteiger partial charge in [-0.25, -0.2) is 4.98 Å². The Hall–Kier alpha value is -2.38. The third-order valence-corrected chi connectivity index (χ3v) is 4.68. The summed E-state index contributed by atoms with van der Waals surface area (Å²) in [6.45, 7) is 3.02. The molecular formula is C19H27N5O2. The van der Waals surface area contributed by atoms with Crippen LogP contribution in [0.1, 0.15) is 18.4 Å². The van der Waals surface area contributed by atoms with Gasteiger partial charge in [0.1, 0.15) is 5.75 Å². The summed E-state index contributed by atoms with van der Waals surface area (Å²) in [6, 6.07) is 7.98. The number of amides is 1. The molecule has 1 aromatic heterocycles. The van der Waals surface area contributed by atoms with Crippen molar-refractivity contribution in [1.29, 1.82) is 0 Å². The Bertz CT molecular complexity index is 686. The van der Waals surface area contributed by atoms with Crippen LogP contribution in [0.5, 0.6) is 5.75 Å². The van der Waals surface area contributed by atoms with E-state index in [4.69, 9.17) is 10.5 Å². The number of likely N-dealkylation sites (N-methyl/N-ethyl adjacent to an activating group) is 1. The van der Waals surface area contributed by atoms with Crippen LogP contribution in [0.3, 0.4) is 0 Å². The molecule has 26 heavy (non-hydrogen) atoms. The number of carbonyl (C=O) groups excluding carboxylic acids is 1. The second-order valence-corrected chi connectivity index (χ2v) is 6.70. The summed E-state index contributed by atoms with van der Waals surface area (Å²) in [6.07, 6.45) is 7.17. The van der Waals surface area contributed by atoms with Gasteiger partial charge in [-0.05, 0) is 30.5 Å². The minimum Gasteiger partial charge on any atom is -0.494 e. The molecule has 0 unspecified atom stereocenters. The maximum absolute atomic E-state index is 12.0. The molecule has 3 rings (SSSR count). The number of benzene rings is 1. The second kappa shape index (κ2) is 8.82. The van der Waals surface area contributed by atoms with Gasteiger partial charge in [0.2, 0.25) is 5.91 Å². The van der Waals surface area contributed by atoms with Crippen LogP contribution < -0.4 is 15.8 Å². The number of nitrogens with one attached hydrogen (secondary N) is 1. The fraction of sp³-hybridized carbons (Fsp3) is 0.474. The van der Waals surface area contributed by atoms with Gasteiger partial charge in [0.15, 0.2) is 0 Å². The first-order chi connectivity index (χ1) is 12.7. The van der Waals surface area contributed by atoms with Gasteiger partial charge in [0.25, 0.3) is 0 Å². The molecule has 1 fully saturated rings. The van der Waals surface area contributed by atoms with Crippen molar-refractivity contribution in [3.63, 3.8) is 0 Å². The molecule has 1 aliphatic heterocycles. The van der Waals surface area contributed by atoms with E-state index in [-0.39, 0.29) is 18.0 Å². The summed E-state index contributed by atoms with van der Waals surface area (Å²) in [4.78, 5) is 18.2. The normalized spacial score (nSPS) is 20.2. The Morgan fingerprint density at radius 2 is 2.19 bits per heavy atom. The number of rotatable bonds is 8. The minimum absolute atomic E-state index is 0.0378. The summed E-state index contributed by atoms with van der Waals surface area (Å²) in [7, 11) is 1.67. The average molecular weight is 357 g/mol. The van der Waals surface area contributed by atoms with Crippen molar-refractivity contribution in [2.75, 3.05) is 20.2 Å². The number of imidazole rings is 1. The molecule has 0 aliphatic carbocycles. The highest BCUT2D eigenvalue weighted by Gasteiger charge is 2.34. The van der Waals surface area contributed by atoms with Gasteiger partial charge in [0, 0.05) is 45.1 Å². The Kier molecular flexibility index (Phi) is 6.25. The van der Waals surface area contributed by atoms with Crippen molar-refractivity contribution in [2.45, 2.75) is 38.0 Å². The van der Waals surface area contributed by atoms with Gasteiger partial charge < -0.3 is 20.4 Å². The molecule has 1 aliphatic rings. The van der Waals surface area contributed by atoms with Crippen molar-refractivity contribution in [3.8, 4) is 5.75 Å². The number of aryl methyl sites for hydroxylation is 1.